The van der Waals surface area contributed by atoms with Crippen LogP contribution in [0.1, 0.15) is 44.8 Å². The lowest BCUT2D eigenvalue weighted by atomic mass is 10.2. The first-order valence-electron chi connectivity index (χ1n) is 6.69. The van der Waals surface area contributed by atoms with Gasteiger partial charge < -0.3 is 5.32 Å². The van der Waals surface area contributed by atoms with Crippen molar-refractivity contribution in [1.82, 2.24) is 19.3 Å². The van der Waals surface area contributed by atoms with Gasteiger partial charge >= 0.3 is 0 Å². The number of hydrogen-bond acceptors (Lipinski definition) is 7. The highest BCUT2D eigenvalue weighted by molar-refractivity contribution is 8.00. The summed E-state index contributed by atoms with van der Waals surface area (Å²) in [6, 6.07) is 1.98. The maximum absolute atomic E-state index is 4.60. The van der Waals surface area contributed by atoms with Crippen LogP contribution in [0.5, 0.6) is 0 Å². The van der Waals surface area contributed by atoms with E-state index in [1.807, 2.05) is 13.0 Å². The van der Waals surface area contributed by atoms with E-state index in [1.165, 1.54) is 11.5 Å². The highest BCUT2D eigenvalue weighted by atomic mass is 32.2. The molecule has 0 aliphatic heterocycles. The number of nitrogens with one attached hydrogen (secondary N) is 1. The first-order chi connectivity index (χ1) is 9.58. The van der Waals surface area contributed by atoms with Crippen LogP contribution in [0.3, 0.4) is 0 Å². The van der Waals surface area contributed by atoms with E-state index in [-0.39, 0.29) is 0 Å². The summed E-state index contributed by atoms with van der Waals surface area (Å²) in [5.41, 5.74) is 0. The first-order valence-corrected chi connectivity index (χ1v) is 8.28. The van der Waals surface area contributed by atoms with Gasteiger partial charge in [-0.3, -0.25) is 0 Å². The zero-order valence-electron chi connectivity index (χ0n) is 12.2. The van der Waals surface area contributed by atoms with Crippen molar-refractivity contribution in [3.8, 4) is 0 Å². The average Bonchev–Trinajstić information content (AvgIpc) is 2.81. The van der Waals surface area contributed by atoms with Crippen molar-refractivity contribution in [1.29, 1.82) is 0 Å². The Morgan fingerprint density at radius 3 is 2.70 bits per heavy atom. The predicted molar refractivity (Wildman–Crippen MR) is 83.7 cm³/mol. The van der Waals surface area contributed by atoms with Gasteiger partial charge in [-0.25, -0.2) is 15.0 Å². The Hall–Kier alpha value is -1.21. The Morgan fingerprint density at radius 2 is 2.10 bits per heavy atom. The monoisotopic (exact) mass is 309 g/mol. The summed E-state index contributed by atoms with van der Waals surface area (Å²) in [6.07, 6.45) is 1.07. The van der Waals surface area contributed by atoms with Gasteiger partial charge in [-0.15, -0.1) is 0 Å². The van der Waals surface area contributed by atoms with Crippen LogP contribution in [0.15, 0.2) is 15.4 Å². The van der Waals surface area contributed by atoms with Gasteiger partial charge in [0.1, 0.15) is 22.5 Å². The normalized spacial score (nSPS) is 11.1. The molecule has 0 saturated heterocycles. The Morgan fingerprint density at radius 1 is 1.30 bits per heavy atom. The summed E-state index contributed by atoms with van der Waals surface area (Å²) in [4.78, 5) is 13.5. The fraction of sp³-hybridized carbons (Fsp3) is 0.538. The van der Waals surface area contributed by atoms with Crippen LogP contribution in [0, 0.1) is 6.92 Å². The lowest BCUT2D eigenvalue weighted by Crippen LogP contribution is -2.06. The quantitative estimate of drug-likeness (QED) is 0.820. The van der Waals surface area contributed by atoms with Crippen molar-refractivity contribution < 1.29 is 0 Å². The van der Waals surface area contributed by atoms with Crippen molar-refractivity contribution in [2.45, 2.75) is 49.4 Å². The zero-order valence-corrected chi connectivity index (χ0v) is 13.8. The van der Waals surface area contributed by atoms with Gasteiger partial charge in [0.2, 0.25) is 0 Å². The molecule has 2 aromatic rings. The average molecular weight is 309 g/mol. The summed E-state index contributed by atoms with van der Waals surface area (Å²) in [5.74, 6) is 2.85. The molecule has 0 unspecified atom stereocenters. The van der Waals surface area contributed by atoms with Crippen LogP contribution >= 0.6 is 23.3 Å². The highest BCUT2D eigenvalue weighted by Crippen LogP contribution is 2.29. The van der Waals surface area contributed by atoms with Gasteiger partial charge in [-0.1, -0.05) is 20.8 Å². The molecular formula is C13H19N5S2. The lowest BCUT2D eigenvalue weighted by molar-refractivity contribution is 0.753. The van der Waals surface area contributed by atoms with E-state index < -0.39 is 0 Å². The second-order valence-corrected chi connectivity index (χ2v) is 6.76. The molecule has 7 heteroatoms. The summed E-state index contributed by atoms with van der Waals surface area (Å²) < 4.78 is 5.11. The molecule has 0 radical (unpaired) electrons. The van der Waals surface area contributed by atoms with Crippen LogP contribution in [-0.2, 0) is 0 Å². The molecule has 2 aromatic heterocycles. The molecule has 1 N–H and O–H groups in total. The first kappa shape index (κ1) is 15.2. The van der Waals surface area contributed by atoms with Gasteiger partial charge in [0.05, 0.1) is 0 Å². The Kier molecular flexibility index (Phi) is 5.31. The van der Waals surface area contributed by atoms with E-state index in [2.05, 4.69) is 45.4 Å². The zero-order chi connectivity index (χ0) is 14.5. The van der Waals surface area contributed by atoms with Crippen LogP contribution in [0.25, 0.3) is 0 Å². The van der Waals surface area contributed by atoms with Crippen molar-refractivity contribution in [3.05, 3.63) is 17.7 Å². The number of nitrogens with zero attached hydrogens (tertiary/aromatic N) is 4. The van der Waals surface area contributed by atoms with Crippen molar-refractivity contribution >= 4 is 29.1 Å². The van der Waals surface area contributed by atoms with Gasteiger partial charge in [0.15, 0.2) is 4.34 Å². The third kappa shape index (κ3) is 4.14. The number of aryl methyl sites for hydroxylation is 1. The van der Waals surface area contributed by atoms with Crippen molar-refractivity contribution in [2.24, 2.45) is 0 Å². The molecule has 2 rings (SSSR count). The molecule has 20 heavy (non-hydrogen) atoms. The molecule has 0 aliphatic rings. The van der Waals surface area contributed by atoms with E-state index in [1.54, 1.807) is 11.8 Å². The molecule has 0 fully saturated rings. The minimum atomic E-state index is 0.300. The van der Waals surface area contributed by atoms with Gasteiger partial charge in [0.25, 0.3) is 0 Å². The Bertz CT molecular complexity index is 568. The minimum absolute atomic E-state index is 0.300. The van der Waals surface area contributed by atoms with E-state index in [4.69, 9.17) is 0 Å². The minimum Gasteiger partial charge on any atom is -0.370 e. The van der Waals surface area contributed by atoms with Crippen LogP contribution in [-0.4, -0.2) is 25.9 Å². The number of rotatable bonds is 6. The van der Waals surface area contributed by atoms with Crippen LogP contribution in [0.4, 0.5) is 5.82 Å². The SMILES string of the molecule is CCCNc1cc(Sc2nc(C)ns2)nc(C(C)C)n1. The van der Waals surface area contributed by atoms with E-state index in [0.29, 0.717) is 5.92 Å². The van der Waals surface area contributed by atoms with E-state index >= 15 is 0 Å². The van der Waals surface area contributed by atoms with Crippen molar-refractivity contribution in [3.63, 3.8) is 0 Å². The van der Waals surface area contributed by atoms with Crippen LogP contribution < -0.4 is 5.32 Å². The van der Waals surface area contributed by atoms with Gasteiger partial charge in [-0.05, 0) is 36.6 Å². The third-order valence-corrected chi connectivity index (χ3v) is 4.25. The summed E-state index contributed by atoms with van der Waals surface area (Å²) in [5, 5.41) is 4.24. The highest BCUT2D eigenvalue weighted by Gasteiger charge is 2.11. The largest absolute Gasteiger partial charge is 0.370 e. The second-order valence-electron chi connectivity index (χ2n) is 4.74. The van der Waals surface area contributed by atoms with E-state index in [9.17, 15) is 0 Å². The summed E-state index contributed by atoms with van der Waals surface area (Å²) in [7, 11) is 0. The fourth-order valence-electron chi connectivity index (χ4n) is 1.51. The fourth-order valence-corrected chi connectivity index (χ4v) is 3.11. The maximum atomic E-state index is 4.60. The molecule has 108 valence electrons. The Balaban J connectivity index is 2.23. The summed E-state index contributed by atoms with van der Waals surface area (Å²) >= 11 is 2.94. The maximum Gasteiger partial charge on any atom is 0.176 e. The lowest BCUT2D eigenvalue weighted by Gasteiger charge is -2.10. The smallest absolute Gasteiger partial charge is 0.176 e. The number of hydrogen-bond donors (Lipinski definition) is 1. The molecule has 0 aliphatic carbocycles. The molecule has 0 amide bonds. The third-order valence-electron chi connectivity index (χ3n) is 2.49. The van der Waals surface area contributed by atoms with E-state index in [0.717, 1.165) is 39.8 Å². The number of aromatic nitrogens is 4. The number of anilines is 1. The standard InChI is InChI=1S/C13H19N5S2/c1-5-6-14-10-7-11(17-12(16-10)8(2)3)19-13-15-9(4)18-20-13/h7-8H,5-6H2,1-4H3,(H,14,16,17). The molecular weight excluding hydrogens is 290 g/mol. The molecule has 0 bridgehead atoms. The van der Waals surface area contributed by atoms with Gasteiger partial charge in [-0.2, -0.15) is 4.37 Å². The Labute approximate surface area is 127 Å². The van der Waals surface area contributed by atoms with Crippen LogP contribution in [0.2, 0.25) is 0 Å². The predicted octanol–water partition coefficient (Wildman–Crippen LogP) is 3.73. The molecule has 0 aromatic carbocycles. The van der Waals surface area contributed by atoms with Gasteiger partial charge in [0, 0.05) is 18.5 Å². The topological polar surface area (TPSA) is 63.6 Å². The molecule has 5 nitrogen and oxygen atoms in total. The molecule has 0 spiro atoms. The summed E-state index contributed by atoms with van der Waals surface area (Å²) in [6.45, 7) is 9.15. The van der Waals surface area contributed by atoms with Crippen molar-refractivity contribution in [2.75, 3.05) is 11.9 Å². The molecule has 0 saturated carbocycles. The molecule has 0 atom stereocenters. The molecule has 2 heterocycles. The second kappa shape index (κ2) is 6.99.